The Hall–Kier alpha value is -4.72. The Bertz CT molecular complexity index is 1950. The molecular weight excluding hydrogens is 590 g/mol. The summed E-state index contributed by atoms with van der Waals surface area (Å²) in [5.74, 6) is -0.628. The Labute approximate surface area is 256 Å². The van der Waals surface area contributed by atoms with Crippen molar-refractivity contribution in [3.05, 3.63) is 105 Å². The molecule has 216 valence electrons. The van der Waals surface area contributed by atoms with Gasteiger partial charge < -0.3 is 15.5 Å². The van der Waals surface area contributed by atoms with Crippen LogP contribution in [-0.4, -0.2) is 37.8 Å². The van der Waals surface area contributed by atoms with E-state index in [0.29, 0.717) is 50.8 Å². The quantitative estimate of drug-likeness (QED) is 0.198. The average Bonchev–Trinajstić information content (AvgIpc) is 3.59. The number of hydrogen-bond acceptors (Lipinski definition) is 7. The van der Waals surface area contributed by atoms with Gasteiger partial charge in [-0.3, -0.25) is 9.78 Å². The standard InChI is InChI=1S/C31H25Cl2FN8O/c1-16(2)42-15-26(39-40-42)30(21-6-4-5-17-14-41(3)31(43)27(17)21)38-20-9-22-28(37-19-7-8-25(34)23(32)10-19)18(12-35)13-36-29(22)24(33)11-20/h4-11,13,15-16,30,38H,14H2,1-3H3,(H,36,37)/t30-/m0/s1. The monoisotopic (exact) mass is 614 g/mol. The van der Waals surface area contributed by atoms with Crippen molar-refractivity contribution in [3.8, 4) is 6.07 Å². The molecule has 6 rings (SSSR count). The van der Waals surface area contributed by atoms with E-state index in [1.807, 2.05) is 44.3 Å². The van der Waals surface area contributed by atoms with E-state index < -0.39 is 11.9 Å². The number of carbonyl (C=O) groups is 1. The molecule has 0 aliphatic carbocycles. The summed E-state index contributed by atoms with van der Waals surface area (Å²) in [4.78, 5) is 19.3. The molecule has 2 aromatic heterocycles. The van der Waals surface area contributed by atoms with Gasteiger partial charge in [0.15, 0.2) is 0 Å². The number of nitriles is 1. The van der Waals surface area contributed by atoms with Crippen LogP contribution in [0.3, 0.4) is 0 Å². The number of nitrogens with one attached hydrogen (secondary N) is 2. The van der Waals surface area contributed by atoms with E-state index >= 15 is 0 Å². The molecule has 0 saturated carbocycles. The van der Waals surface area contributed by atoms with Gasteiger partial charge in [-0.15, -0.1) is 5.10 Å². The van der Waals surface area contributed by atoms with Crippen LogP contribution in [0.1, 0.15) is 58.7 Å². The number of halogens is 3. The fourth-order valence-corrected chi connectivity index (χ4v) is 5.65. The van der Waals surface area contributed by atoms with Crippen molar-refractivity contribution in [2.24, 2.45) is 0 Å². The molecule has 1 atom stereocenters. The minimum Gasteiger partial charge on any atom is -0.373 e. The lowest BCUT2D eigenvalue weighted by atomic mass is 9.95. The first-order valence-corrected chi connectivity index (χ1v) is 14.2. The molecule has 0 fully saturated rings. The molecule has 0 bridgehead atoms. The third-order valence-corrected chi connectivity index (χ3v) is 7.94. The molecule has 3 aromatic carbocycles. The second kappa shape index (κ2) is 11.2. The number of anilines is 3. The largest absolute Gasteiger partial charge is 0.373 e. The molecule has 9 nitrogen and oxygen atoms in total. The van der Waals surface area contributed by atoms with Crippen LogP contribution >= 0.6 is 23.2 Å². The lowest BCUT2D eigenvalue weighted by Gasteiger charge is -2.22. The third kappa shape index (κ3) is 5.22. The number of hydrogen-bond donors (Lipinski definition) is 2. The van der Waals surface area contributed by atoms with Gasteiger partial charge in [0.1, 0.15) is 17.6 Å². The van der Waals surface area contributed by atoms with Gasteiger partial charge in [-0.05, 0) is 55.3 Å². The van der Waals surface area contributed by atoms with Crippen LogP contribution in [0.2, 0.25) is 10.0 Å². The molecule has 0 saturated heterocycles. The molecule has 0 spiro atoms. The Kier molecular flexibility index (Phi) is 7.38. The molecule has 12 heteroatoms. The van der Waals surface area contributed by atoms with Crippen molar-refractivity contribution in [2.75, 3.05) is 17.7 Å². The normalized spacial score (nSPS) is 13.3. The van der Waals surface area contributed by atoms with Crippen molar-refractivity contribution in [3.63, 3.8) is 0 Å². The molecular formula is C31H25Cl2FN8O. The predicted octanol–water partition coefficient (Wildman–Crippen LogP) is 7.26. The molecule has 0 unspecified atom stereocenters. The third-order valence-electron chi connectivity index (χ3n) is 7.36. The smallest absolute Gasteiger partial charge is 0.254 e. The molecule has 43 heavy (non-hydrogen) atoms. The number of nitrogens with zero attached hydrogens (tertiary/aromatic N) is 6. The molecule has 1 amide bonds. The number of aromatic nitrogens is 4. The maximum absolute atomic E-state index is 13.8. The molecule has 3 heterocycles. The zero-order valence-electron chi connectivity index (χ0n) is 23.4. The van der Waals surface area contributed by atoms with Crippen LogP contribution in [0.15, 0.2) is 60.9 Å². The predicted molar refractivity (Wildman–Crippen MR) is 164 cm³/mol. The minimum absolute atomic E-state index is 0.0601. The fraction of sp³-hybridized carbons (Fsp3) is 0.194. The van der Waals surface area contributed by atoms with E-state index in [1.165, 1.54) is 24.4 Å². The number of rotatable bonds is 7. The highest BCUT2D eigenvalue weighted by molar-refractivity contribution is 6.36. The SMILES string of the molecule is CC(C)n1cc([C@@H](Nc2cc(Cl)c3ncc(C#N)c(Nc4ccc(F)c(Cl)c4)c3c2)c2cccc3c2C(=O)N(C)C3)nn1. The van der Waals surface area contributed by atoms with Crippen molar-refractivity contribution in [1.29, 1.82) is 5.26 Å². The molecule has 2 N–H and O–H groups in total. The first-order chi connectivity index (χ1) is 20.6. The fourth-order valence-electron chi connectivity index (χ4n) is 5.20. The number of pyridine rings is 1. The van der Waals surface area contributed by atoms with E-state index in [-0.39, 0.29) is 22.5 Å². The Morgan fingerprint density at radius 3 is 2.60 bits per heavy atom. The van der Waals surface area contributed by atoms with Crippen LogP contribution in [0, 0.1) is 17.1 Å². The maximum Gasteiger partial charge on any atom is 0.254 e. The van der Waals surface area contributed by atoms with Gasteiger partial charge in [-0.2, -0.15) is 5.26 Å². The number of carbonyl (C=O) groups excluding carboxylic acids is 1. The van der Waals surface area contributed by atoms with Crippen LogP contribution in [0.4, 0.5) is 21.5 Å². The Balaban J connectivity index is 1.49. The average molecular weight is 615 g/mol. The van der Waals surface area contributed by atoms with Crippen molar-refractivity contribution in [1.82, 2.24) is 24.9 Å². The van der Waals surface area contributed by atoms with E-state index in [9.17, 15) is 14.4 Å². The Morgan fingerprint density at radius 2 is 1.88 bits per heavy atom. The Morgan fingerprint density at radius 1 is 1.09 bits per heavy atom. The van der Waals surface area contributed by atoms with E-state index in [4.69, 9.17) is 23.2 Å². The molecule has 0 radical (unpaired) electrons. The number of amides is 1. The van der Waals surface area contributed by atoms with Gasteiger partial charge in [0.2, 0.25) is 0 Å². The van der Waals surface area contributed by atoms with Gasteiger partial charge >= 0.3 is 0 Å². The zero-order chi connectivity index (χ0) is 30.4. The van der Waals surface area contributed by atoms with Crippen LogP contribution in [-0.2, 0) is 6.54 Å². The second-order valence-corrected chi connectivity index (χ2v) is 11.4. The van der Waals surface area contributed by atoms with Gasteiger partial charge in [-0.25, -0.2) is 9.07 Å². The summed E-state index contributed by atoms with van der Waals surface area (Å²) in [5.41, 5.74) is 5.14. The molecule has 5 aromatic rings. The first kappa shape index (κ1) is 28.4. The maximum atomic E-state index is 13.8. The van der Waals surface area contributed by atoms with E-state index in [2.05, 4.69) is 32.0 Å². The second-order valence-electron chi connectivity index (χ2n) is 10.6. The number of fused-ring (bicyclic) bond motifs is 2. The van der Waals surface area contributed by atoms with E-state index in [1.54, 1.807) is 22.7 Å². The van der Waals surface area contributed by atoms with Crippen molar-refractivity contribution in [2.45, 2.75) is 32.5 Å². The highest BCUT2D eigenvalue weighted by Crippen LogP contribution is 2.38. The van der Waals surface area contributed by atoms with Crippen molar-refractivity contribution >= 4 is 57.1 Å². The first-order valence-electron chi connectivity index (χ1n) is 13.4. The summed E-state index contributed by atoms with van der Waals surface area (Å²) in [6.07, 6.45) is 3.28. The summed E-state index contributed by atoms with van der Waals surface area (Å²) < 4.78 is 15.6. The lowest BCUT2D eigenvalue weighted by Crippen LogP contribution is -2.21. The van der Waals surface area contributed by atoms with Gasteiger partial charge in [0.25, 0.3) is 5.91 Å². The van der Waals surface area contributed by atoms with E-state index in [0.717, 1.165) is 11.1 Å². The van der Waals surface area contributed by atoms with Gasteiger partial charge in [-0.1, -0.05) is 46.6 Å². The van der Waals surface area contributed by atoms with Crippen LogP contribution in [0.25, 0.3) is 10.9 Å². The molecule has 1 aliphatic heterocycles. The highest BCUT2D eigenvalue weighted by Gasteiger charge is 2.32. The lowest BCUT2D eigenvalue weighted by molar-refractivity contribution is 0.0815. The summed E-state index contributed by atoms with van der Waals surface area (Å²) in [7, 11) is 1.77. The van der Waals surface area contributed by atoms with Crippen molar-refractivity contribution < 1.29 is 9.18 Å². The zero-order valence-corrected chi connectivity index (χ0v) is 24.9. The van der Waals surface area contributed by atoms with Crippen LogP contribution < -0.4 is 10.6 Å². The highest BCUT2D eigenvalue weighted by atomic mass is 35.5. The summed E-state index contributed by atoms with van der Waals surface area (Å²) in [6, 6.07) is 15.2. The molecule has 1 aliphatic rings. The minimum atomic E-state index is -0.564. The number of benzene rings is 3. The topological polar surface area (TPSA) is 112 Å². The van der Waals surface area contributed by atoms with Crippen LogP contribution in [0.5, 0.6) is 0 Å². The summed E-state index contributed by atoms with van der Waals surface area (Å²) in [5, 5.41) is 26.2. The van der Waals surface area contributed by atoms with Gasteiger partial charge in [0.05, 0.1) is 44.6 Å². The summed E-state index contributed by atoms with van der Waals surface area (Å²) >= 11 is 12.8. The van der Waals surface area contributed by atoms with Gasteiger partial charge in [0, 0.05) is 42.6 Å². The summed E-state index contributed by atoms with van der Waals surface area (Å²) in [6.45, 7) is 4.52.